The lowest BCUT2D eigenvalue weighted by Gasteiger charge is -2.32. The highest BCUT2D eigenvalue weighted by Gasteiger charge is 2.27. The van der Waals surface area contributed by atoms with Crippen molar-refractivity contribution in [2.24, 2.45) is 11.8 Å². The Morgan fingerprint density at radius 3 is 2.48 bits per heavy atom. The number of benzene rings is 2. The summed E-state index contributed by atoms with van der Waals surface area (Å²) in [6, 6.07) is 6.38. The lowest BCUT2D eigenvalue weighted by Crippen LogP contribution is -2.22. The van der Waals surface area contributed by atoms with E-state index in [1.165, 1.54) is 6.42 Å². The summed E-state index contributed by atoms with van der Waals surface area (Å²) in [6.07, 6.45) is 4.62. The lowest BCUT2D eigenvalue weighted by atomic mass is 9.81. The smallest absolute Gasteiger partial charge is 0.255 e. The Kier molecular flexibility index (Phi) is 7.17. The second kappa shape index (κ2) is 9.43. The van der Waals surface area contributed by atoms with Gasteiger partial charge in [-0.25, -0.2) is 13.2 Å². The maximum Gasteiger partial charge on any atom is 0.255 e. The molecule has 0 radical (unpaired) electrons. The van der Waals surface area contributed by atoms with Crippen LogP contribution in [0.4, 0.5) is 18.9 Å². The summed E-state index contributed by atoms with van der Waals surface area (Å²) < 4.78 is 39.8. The number of carbonyl (C=O) groups is 1. The van der Waals surface area contributed by atoms with Crippen LogP contribution in [0.1, 0.15) is 49.9 Å². The molecule has 2 aromatic carbocycles. The van der Waals surface area contributed by atoms with E-state index in [-0.39, 0.29) is 5.69 Å². The minimum Gasteiger partial charge on any atom is -0.322 e. The quantitative estimate of drug-likeness (QED) is 0.492. The van der Waals surface area contributed by atoms with E-state index >= 15 is 0 Å². The highest BCUT2D eigenvalue weighted by molar-refractivity contribution is 8.00. The highest BCUT2D eigenvalue weighted by atomic mass is 35.5. The topological polar surface area (TPSA) is 29.1 Å². The van der Waals surface area contributed by atoms with Crippen molar-refractivity contribution in [2.45, 2.75) is 49.7 Å². The van der Waals surface area contributed by atoms with Crippen LogP contribution in [0.3, 0.4) is 0 Å². The Hall–Kier alpha value is -1.66. The van der Waals surface area contributed by atoms with Crippen LogP contribution in [-0.2, 0) is 0 Å². The number of nitrogens with one attached hydrogen (secondary N) is 1. The van der Waals surface area contributed by atoms with Crippen molar-refractivity contribution in [1.82, 2.24) is 0 Å². The molecule has 29 heavy (non-hydrogen) atoms. The summed E-state index contributed by atoms with van der Waals surface area (Å²) >= 11 is 8.03. The number of carbonyl (C=O) groups excluding carboxylic acids is 1. The molecule has 1 N–H and O–H groups in total. The van der Waals surface area contributed by atoms with Crippen molar-refractivity contribution in [3.63, 3.8) is 0 Å². The molecule has 0 heterocycles. The molecule has 3 atom stereocenters. The fourth-order valence-electron chi connectivity index (χ4n) is 3.85. The van der Waals surface area contributed by atoms with E-state index in [4.69, 9.17) is 11.6 Å². The molecule has 1 amide bonds. The first kappa shape index (κ1) is 22.0. The zero-order valence-electron chi connectivity index (χ0n) is 16.3. The van der Waals surface area contributed by atoms with Gasteiger partial charge in [0.05, 0.1) is 5.02 Å². The van der Waals surface area contributed by atoms with Gasteiger partial charge in [-0.3, -0.25) is 4.79 Å². The predicted octanol–water partition coefficient (Wildman–Crippen LogP) is 7.32. The zero-order valence-corrected chi connectivity index (χ0v) is 17.8. The van der Waals surface area contributed by atoms with Crippen molar-refractivity contribution >= 4 is 35.0 Å². The van der Waals surface area contributed by atoms with Crippen LogP contribution in [0.2, 0.25) is 5.02 Å². The van der Waals surface area contributed by atoms with Gasteiger partial charge in [-0.1, -0.05) is 31.9 Å². The molecule has 0 spiro atoms. The van der Waals surface area contributed by atoms with E-state index in [1.807, 2.05) is 0 Å². The van der Waals surface area contributed by atoms with Gasteiger partial charge in [0, 0.05) is 33.5 Å². The van der Waals surface area contributed by atoms with Crippen LogP contribution in [0.5, 0.6) is 0 Å². The molecule has 3 rings (SSSR count). The number of rotatable bonds is 5. The second-order valence-electron chi connectivity index (χ2n) is 7.68. The minimum absolute atomic E-state index is 0.151. The number of amides is 1. The number of halogens is 4. The zero-order chi connectivity index (χ0) is 21.1. The van der Waals surface area contributed by atoms with Crippen LogP contribution in [0, 0.1) is 29.3 Å². The Morgan fingerprint density at radius 2 is 1.83 bits per heavy atom. The first-order chi connectivity index (χ1) is 13.8. The number of hydrogen-bond donors (Lipinski definition) is 1. The first-order valence-corrected chi connectivity index (χ1v) is 10.9. The first-order valence-electron chi connectivity index (χ1n) is 9.68. The minimum atomic E-state index is -1.57. The SMILES string of the molecule is CCC1CC(C)CC(Sc2cc(C(=O)Nc3cc(F)c(F)c(F)c3)ccc2Cl)C1. The molecular formula is C22H23ClF3NOS. The van der Waals surface area contributed by atoms with E-state index in [0.29, 0.717) is 27.7 Å². The van der Waals surface area contributed by atoms with Gasteiger partial charge >= 0.3 is 0 Å². The number of thioether (sulfide) groups is 1. The standard InChI is InChI=1S/C22H23ClF3NOS/c1-3-13-6-12(2)7-16(8-13)29-20-9-14(4-5-17(20)23)22(28)27-15-10-18(24)21(26)19(25)11-15/h4-5,9-13,16H,3,6-8H2,1-2H3,(H,27,28). The summed E-state index contributed by atoms with van der Waals surface area (Å²) in [5.41, 5.74) is 0.167. The van der Waals surface area contributed by atoms with Crippen molar-refractivity contribution < 1.29 is 18.0 Å². The molecule has 7 heteroatoms. The van der Waals surface area contributed by atoms with Crippen molar-refractivity contribution in [3.05, 3.63) is 58.4 Å². The molecule has 2 nitrogen and oxygen atoms in total. The molecule has 156 valence electrons. The summed E-state index contributed by atoms with van der Waals surface area (Å²) in [6.45, 7) is 4.48. The molecule has 0 aromatic heterocycles. The van der Waals surface area contributed by atoms with Gasteiger partial charge in [-0.2, -0.15) is 0 Å². The van der Waals surface area contributed by atoms with E-state index in [0.717, 1.165) is 36.3 Å². The largest absolute Gasteiger partial charge is 0.322 e. The molecule has 0 bridgehead atoms. The molecule has 1 aliphatic rings. The summed E-state index contributed by atoms with van der Waals surface area (Å²) in [7, 11) is 0. The molecule has 1 saturated carbocycles. The van der Waals surface area contributed by atoms with Gasteiger partial charge in [0.2, 0.25) is 0 Å². The van der Waals surface area contributed by atoms with Crippen molar-refractivity contribution in [3.8, 4) is 0 Å². The second-order valence-corrected chi connectivity index (χ2v) is 9.43. The monoisotopic (exact) mass is 441 g/mol. The van der Waals surface area contributed by atoms with Gasteiger partial charge in [-0.15, -0.1) is 11.8 Å². The Balaban J connectivity index is 1.75. The molecule has 0 saturated heterocycles. The van der Waals surface area contributed by atoms with E-state index in [9.17, 15) is 18.0 Å². The van der Waals surface area contributed by atoms with Gasteiger partial charge in [0.15, 0.2) is 17.5 Å². The molecule has 3 unspecified atom stereocenters. The molecule has 1 fully saturated rings. The Labute approximate surface area is 178 Å². The van der Waals surface area contributed by atoms with Crippen LogP contribution < -0.4 is 5.32 Å². The van der Waals surface area contributed by atoms with Gasteiger partial charge < -0.3 is 5.32 Å². The molecular weight excluding hydrogens is 419 g/mol. The average molecular weight is 442 g/mol. The third kappa shape index (κ3) is 5.48. The molecule has 2 aromatic rings. The third-order valence-corrected chi connectivity index (χ3v) is 7.05. The van der Waals surface area contributed by atoms with E-state index < -0.39 is 23.4 Å². The summed E-state index contributed by atoms with van der Waals surface area (Å²) in [5.74, 6) is -3.48. The normalized spacial score (nSPS) is 21.8. The fraction of sp³-hybridized carbons (Fsp3) is 0.409. The van der Waals surface area contributed by atoms with Gasteiger partial charge in [0.1, 0.15) is 0 Å². The molecule has 1 aliphatic carbocycles. The lowest BCUT2D eigenvalue weighted by molar-refractivity contribution is 0.102. The number of anilines is 1. The summed E-state index contributed by atoms with van der Waals surface area (Å²) in [4.78, 5) is 13.3. The van der Waals surface area contributed by atoms with Crippen LogP contribution in [0.25, 0.3) is 0 Å². The summed E-state index contributed by atoms with van der Waals surface area (Å²) in [5, 5.41) is 3.40. The van der Waals surface area contributed by atoms with E-state index in [1.54, 1.807) is 30.0 Å². The fourth-order valence-corrected chi connectivity index (χ4v) is 5.63. The van der Waals surface area contributed by atoms with E-state index in [2.05, 4.69) is 19.2 Å². The average Bonchev–Trinajstić information content (AvgIpc) is 2.67. The maximum atomic E-state index is 13.4. The van der Waals surface area contributed by atoms with Crippen molar-refractivity contribution in [2.75, 3.05) is 5.32 Å². The maximum absolute atomic E-state index is 13.4. The Morgan fingerprint density at radius 1 is 1.14 bits per heavy atom. The third-order valence-electron chi connectivity index (χ3n) is 5.30. The van der Waals surface area contributed by atoms with Crippen LogP contribution >= 0.6 is 23.4 Å². The number of hydrogen-bond acceptors (Lipinski definition) is 2. The van der Waals surface area contributed by atoms with Crippen LogP contribution in [-0.4, -0.2) is 11.2 Å². The van der Waals surface area contributed by atoms with Crippen LogP contribution in [0.15, 0.2) is 35.2 Å². The highest BCUT2D eigenvalue weighted by Crippen LogP contribution is 2.42. The van der Waals surface area contributed by atoms with Gasteiger partial charge in [-0.05, 0) is 49.3 Å². The predicted molar refractivity (Wildman–Crippen MR) is 112 cm³/mol. The van der Waals surface area contributed by atoms with Gasteiger partial charge in [0.25, 0.3) is 5.91 Å². The Bertz CT molecular complexity index is 885. The molecule has 0 aliphatic heterocycles. The van der Waals surface area contributed by atoms with Crippen molar-refractivity contribution in [1.29, 1.82) is 0 Å².